The maximum Gasteiger partial charge on any atom is 0.0207 e. The summed E-state index contributed by atoms with van der Waals surface area (Å²) in [6, 6.07) is 8.70. The lowest BCUT2D eigenvalue weighted by molar-refractivity contribution is 0.357. The average molecular weight is 338 g/mol. The van der Waals surface area contributed by atoms with Gasteiger partial charge in [-0.25, -0.2) is 0 Å². The molecule has 1 aromatic rings. The summed E-state index contributed by atoms with van der Waals surface area (Å²) in [5, 5.41) is 3.63. The fourth-order valence-electron chi connectivity index (χ4n) is 3.41. The maximum absolute atomic E-state index is 3.70. The predicted molar refractivity (Wildman–Crippen MR) is 91.1 cm³/mol. The van der Waals surface area contributed by atoms with Crippen molar-refractivity contribution < 1.29 is 0 Å². The van der Waals surface area contributed by atoms with Crippen molar-refractivity contribution in [1.82, 2.24) is 5.32 Å². The first kappa shape index (κ1) is 16.0. The quantitative estimate of drug-likeness (QED) is 0.644. The highest BCUT2D eigenvalue weighted by atomic mass is 79.9. The van der Waals surface area contributed by atoms with Gasteiger partial charge < -0.3 is 5.32 Å². The third kappa shape index (κ3) is 5.21. The van der Waals surface area contributed by atoms with E-state index in [1.807, 2.05) is 0 Å². The van der Waals surface area contributed by atoms with E-state index in [4.69, 9.17) is 0 Å². The highest BCUT2D eigenvalue weighted by molar-refractivity contribution is 9.10. The Bertz CT molecular complexity index is 385. The Labute approximate surface area is 132 Å². The van der Waals surface area contributed by atoms with Crippen molar-refractivity contribution in [2.75, 3.05) is 13.1 Å². The van der Waals surface area contributed by atoms with Gasteiger partial charge in [0.15, 0.2) is 0 Å². The number of rotatable bonds is 8. The van der Waals surface area contributed by atoms with Gasteiger partial charge in [0, 0.05) is 4.47 Å². The van der Waals surface area contributed by atoms with Gasteiger partial charge in [0.25, 0.3) is 0 Å². The standard InChI is InChI=1S/C18H28BrN/c1-2-11-20-14-16(12-15-7-3-4-8-15)13-17-9-5-6-10-18(17)19/h5-6,9-10,15-16,20H,2-4,7-8,11-14H2,1H3. The third-order valence-corrected chi connectivity index (χ3v) is 5.24. The lowest BCUT2D eigenvalue weighted by atomic mass is 9.88. The zero-order chi connectivity index (χ0) is 14.2. The molecular formula is C18H28BrN. The van der Waals surface area contributed by atoms with E-state index >= 15 is 0 Å². The van der Waals surface area contributed by atoms with Crippen molar-refractivity contribution in [2.45, 2.75) is 51.9 Å². The molecule has 1 aromatic carbocycles. The van der Waals surface area contributed by atoms with Crippen LogP contribution in [0.25, 0.3) is 0 Å². The largest absolute Gasteiger partial charge is 0.316 e. The smallest absolute Gasteiger partial charge is 0.0207 e. The summed E-state index contributed by atoms with van der Waals surface area (Å²) >= 11 is 3.70. The first-order chi connectivity index (χ1) is 9.79. The van der Waals surface area contributed by atoms with Gasteiger partial charge in [-0.3, -0.25) is 0 Å². The van der Waals surface area contributed by atoms with Gasteiger partial charge in [-0.1, -0.05) is 66.7 Å². The molecule has 1 atom stereocenters. The Morgan fingerprint density at radius 1 is 1.25 bits per heavy atom. The predicted octanol–water partition coefficient (Wildman–Crippen LogP) is 5.19. The molecule has 0 heterocycles. The Morgan fingerprint density at radius 2 is 2.00 bits per heavy atom. The molecule has 112 valence electrons. The van der Waals surface area contributed by atoms with Crippen molar-refractivity contribution >= 4 is 15.9 Å². The topological polar surface area (TPSA) is 12.0 Å². The van der Waals surface area contributed by atoms with E-state index in [2.05, 4.69) is 52.4 Å². The van der Waals surface area contributed by atoms with Crippen LogP contribution in [0.3, 0.4) is 0 Å². The second-order valence-electron chi connectivity index (χ2n) is 6.25. The molecule has 0 aliphatic heterocycles. The van der Waals surface area contributed by atoms with Gasteiger partial charge in [-0.15, -0.1) is 0 Å². The molecule has 0 aromatic heterocycles. The molecule has 0 spiro atoms. The van der Waals surface area contributed by atoms with E-state index in [1.165, 1.54) is 61.5 Å². The SMILES string of the molecule is CCCNCC(Cc1ccccc1Br)CC1CCCC1. The summed E-state index contributed by atoms with van der Waals surface area (Å²) in [5.41, 5.74) is 1.47. The minimum atomic E-state index is 0.781. The van der Waals surface area contributed by atoms with Gasteiger partial charge in [0.1, 0.15) is 0 Å². The molecule has 2 rings (SSSR count). The van der Waals surface area contributed by atoms with E-state index in [9.17, 15) is 0 Å². The molecule has 1 aliphatic rings. The van der Waals surface area contributed by atoms with Crippen LogP contribution in [-0.4, -0.2) is 13.1 Å². The second kappa shape index (κ2) is 8.84. The van der Waals surface area contributed by atoms with Gasteiger partial charge in [-0.05, 0) is 55.8 Å². The molecule has 0 amide bonds. The number of benzene rings is 1. The van der Waals surface area contributed by atoms with Crippen molar-refractivity contribution in [1.29, 1.82) is 0 Å². The molecule has 0 radical (unpaired) electrons. The van der Waals surface area contributed by atoms with E-state index in [-0.39, 0.29) is 0 Å². The molecule has 1 fully saturated rings. The monoisotopic (exact) mass is 337 g/mol. The minimum Gasteiger partial charge on any atom is -0.316 e. The molecule has 2 heteroatoms. The lowest BCUT2D eigenvalue weighted by Crippen LogP contribution is -2.26. The lowest BCUT2D eigenvalue weighted by Gasteiger charge is -2.22. The average Bonchev–Trinajstić information content (AvgIpc) is 2.94. The maximum atomic E-state index is 3.70. The number of hydrogen-bond acceptors (Lipinski definition) is 1. The molecule has 20 heavy (non-hydrogen) atoms. The van der Waals surface area contributed by atoms with Crippen LogP contribution >= 0.6 is 15.9 Å². The summed E-state index contributed by atoms with van der Waals surface area (Å²) in [6.07, 6.45) is 9.65. The molecule has 1 saturated carbocycles. The molecule has 1 N–H and O–H groups in total. The molecule has 0 saturated heterocycles. The van der Waals surface area contributed by atoms with Gasteiger partial charge >= 0.3 is 0 Å². The number of halogens is 1. The molecule has 1 unspecified atom stereocenters. The van der Waals surface area contributed by atoms with Crippen LogP contribution in [0.4, 0.5) is 0 Å². The normalized spacial score (nSPS) is 17.5. The minimum absolute atomic E-state index is 0.781. The highest BCUT2D eigenvalue weighted by Crippen LogP contribution is 2.32. The van der Waals surface area contributed by atoms with Crippen molar-refractivity contribution in [2.24, 2.45) is 11.8 Å². The van der Waals surface area contributed by atoms with Crippen LogP contribution < -0.4 is 5.32 Å². The van der Waals surface area contributed by atoms with Crippen molar-refractivity contribution in [3.05, 3.63) is 34.3 Å². The van der Waals surface area contributed by atoms with Crippen LogP contribution in [0, 0.1) is 11.8 Å². The Hall–Kier alpha value is -0.340. The van der Waals surface area contributed by atoms with E-state index in [0.717, 1.165) is 18.4 Å². The second-order valence-corrected chi connectivity index (χ2v) is 7.11. The van der Waals surface area contributed by atoms with Gasteiger partial charge in [0.2, 0.25) is 0 Å². The Kier molecular flexibility index (Phi) is 7.09. The van der Waals surface area contributed by atoms with Crippen LogP contribution in [0.15, 0.2) is 28.7 Å². The summed E-state index contributed by atoms with van der Waals surface area (Å²) < 4.78 is 1.27. The zero-order valence-electron chi connectivity index (χ0n) is 12.7. The Morgan fingerprint density at radius 3 is 2.70 bits per heavy atom. The van der Waals surface area contributed by atoms with Gasteiger partial charge in [-0.2, -0.15) is 0 Å². The highest BCUT2D eigenvalue weighted by Gasteiger charge is 2.20. The summed E-state index contributed by atoms with van der Waals surface area (Å²) in [6.45, 7) is 4.57. The summed E-state index contributed by atoms with van der Waals surface area (Å²) in [5.74, 6) is 1.76. The molecular weight excluding hydrogens is 310 g/mol. The number of nitrogens with one attached hydrogen (secondary N) is 1. The van der Waals surface area contributed by atoms with E-state index in [0.29, 0.717) is 0 Å². The summed E-state index contributed by atoms with van der Waals surface area (Å²) in [4.78, 5) is 0. The van der Waals surface area contributed by atoms with Crippen molar-refractivity contribution in [3.63, 3.8) is 0 Å². The first-order valence-electron chi connectivity index (χ1n) is 8.23. The summed E-state index contributed by atoms with van der Waals surface area (Å²) in [7, 11) is 0. The molecule has 1 aliphatic carbocycles. The molecule has 0 bridgehead atoms. The third-order valence-electron chi connectivity index (χ3n) is 4.47. The Balaban J connectivity index is 1.92. The van der Waals surface area contributed by atoms with Crippen LogP contribution in [0.2, 0.25) is 0 Å². The van der Waals surface area contributed by atoms with Gasteiger partial charge in [0.05, 0.1) is 0 Å². The fourth-order valence-corrected chi connectivity index (χ4v) is 3.86. The zero-order valence-corrected chi connectivity index (χ0v) is 14.3. The van der Waals surface area contributed by atoms with Crippen LogP contribution in [-0.2, 0) is 6.42 Å². The first-order valence-corrected chi connectivity index (χ1v) is 9.03. The van der Waals surface area contributed by atoms with E-state index in [1.54, 1.807) is 0 Å². The van der Waals surface area contributed by atoms with Crippen LogP contribution in [0.5, 0.6) is 0 Å². The fraction of sp³-hybridized carbons (Fsp3) is 0.667. The number of hydrogen-bond donors (Lipinski definition) is 1. The van der Waals surface area contributed by atoms with E-state index < -0.39 is 0 Å². The van der Waals surface area contributed by atoms with Crippen LogP contribution in [0.1, 0.15) is 51.0 Å². The molecule has 1 nitrogen and oxygen atoms in total. The van der Waals surface area contributed by atoms with Crippen molar-refractivity contribution in [3.8, 4) is 0 Å².